The van der Waals surface area contributed by atoms with Crippen molar-refractivity contribution in [2.45, 2.75) is 103 Å². The molecular weight excluding hydrogens is 816 g/mol. The Morgan fingerprint density at radius 3 is 1.36 bits per heavy atom. The molecular formula is C40H48O21. The number of benzene rings is 2. The molecule has 2 aliphatic rings. The molecule has 0 aromatic heterocycles. The van der Waals surface area contributed by atoms with Gasteiger partial charge in [-0.3, -0.25) is 28.8 Å². The van der Waals surface area contributed by atoms with Gasteiger partial charge in [-0.1, -0.05) is 6.07 Å². The van der Waals surface area contributed by atoms with Crippen molar-refractivity contribution in [1.82, 2.24) is 0 Å². The van der Waals surface area contributed by atoms with Crippen molar-refractivity contribution in [3.05, 3.63) is 48.0 Å². The predicted molar refractivity (Wildman–Crippen MR) is 200 cm³/mol. The molecule has 21 heteroatoms. The van der Waals surface area contributed by atoms with Crippen LogP contribution < -0.4 is 18.9 Å². The van der Waals surface area contributed by atoms with E-state index in [4.69, 9.17) is 66.3 Å². The quantitative estimate of drug-likeness (QED) is 0.163. The molecule has 334 valence electrons. The highest BCUT2D eigenvalue weighted by atomic mass is 16.8. The summed E-state index contributed by atoms with van der Waals surface area (Å²) in [5.41, 5.74) is -0.241. The summed E-state index contributed by atoms with van der Waals surface area (Å²) in [5.74, 6) is -5.74. The van der Waals surface area contributed by atoms with Crippen LogP contribution in [0.1, 0.15) is 51.9 Å². The van der Waals surface area contributed by atoms with Gasteiger partial charge in [-0.15, -0.1) is 0 Å². The maximum atomic E-state index is 14.2. The number of carbonyl (C=O) groups excluding carboxylic acids is 7. The summed E-state index contributed by atoms with van der Waals surface area (Å²) in [5, 5.41) is 0. The highest BCUT2D eigenvalue weighted by molar-refractivity contribution is 5.96. The number of rotatable bonds is 17. The third kappa shape index (κ3) is 12.9. The van der Waals surface area contributed by atoms with E-state index in [1.807, 2.05) is 0 Å². The number of esters is 7. The fraction of sp³-hybridized carbons (Fsp3) is 0.525. The topological polar surface area (TPSA) is 249 Å². The van der Waals surface area contributed by atoms with Gasteiger partial charge in [-0.05, 0) is 36.4 Å². The van der Waals surface area contributed by atoms with E-state index in [0.717, 1.165) is 41.5 Å². The van der Waals surface area contributed by atoms with Crippen molar-refractivity contribution in [2.24, 2.45) is 0 Å². The van der Waals surface area contributed by atoms with Gasteiger partial charge in [0.2, 0.25) is 6.29 Å². The fourth-order valence-electron chi connectivity index (χ4n) is 6.40. The third-order valence-electron chi connectivity index (χ3n) is 8.77. The first-order valence-corrected chi connectivity index (χ1v) is 18.6. The van der Waals surface area contributed by atoms with Gasteiger partial charge in [-0.25, -0.2) is 4.79 Å². The first-order valence-electron chi connectivity index (χ1n) is 18.6. The Morgan fingerprint density at radius 2 is 0.902 bits per heavy atom. The van der Waals surface area contributed by atoms with Crippen molar-refractivity contribution in [3.8, 4) is 23.0 Å². The van der Waals surface area contributed by atoms with Crippen LogP contribution >= 0.6 is 0 Å². The molecule has 0 bridgehead atoms. The number of hydrogen-bond donors (Lipinski definition) is 0. The summed E-state index contributed by atoms with van der Waals surface area (Å²) in [6, 6.07) is 10.6. The SMILES string of the molecule is COc1ccc(O[C@@H]2O[C@H](COC(C)=O)[C@H](OC(C)=O)[C@H](O[C@@H]3O[C@H](COC(C)=O)[C@H](OC(C)=O)[C@H](OC(C)=O)[C@H]3OC(=O)c3c(OC)cccc3OC)[C@H]2OC(C)=O)cc1. The van der Waals surface area contributed by atoms with E-state index in [0.29, 0.717) is 5.75 Å². The van der Waals surface area contributed by atoms with Crippen molar-refractivity contribution in [1.29, 1.82) is 0 Å². The van der Waals surface area contributed by atoms with Gasteiger partial charge in [0.05, 0.1) is 21.3 Å². The lowest BCUT2D eigenvalue weighted by Crippen LogP contribution is -2.67. The van der Waals surface area contributed by atoms with Crippen LogP contribution in [0.25, 0.3) is 0 Å². The molecule has 10 atom stereocenters. The Hall–Kier alpha value is -6.19. The van der Waals surface area contributed by atoms with Gasteiger partial charge in [-0.2, -0.15) is 0 Å². The van der Waals surface area contributed by atoms with E-state index in [9.17, 15) is 33.6 Å². The van der Waals surface area contributed by atoms with Gasteiger partial charge in [0.25, 0.3) is 0 Å². The third-order valence-corrected chi connectivity index (χ3v) is 8.77. The average Bonchev–Trinajstić information content (AvgIpc) is 3.19. The van der Waals surface area contributed by atoms with Crippen LogP contribution in [-0.2, 0) is 76.1 Å². The standard InChI is InChI=1S/C40H48O21/c1-19(41)51-17-29-32(53-21(3)43)34(55-23(5)45)37(60-38(47)31-27(49-8)11-10-12-28(31)50-9)40(59-29)61-35-33(54-22(4)44)30(18-52-20(2)42)58-39(36(35)56-24(6)46)57-26-15-13-25(48-7)14-16-26/h10-16,29-30,32-37,39-40H,17-18H2,1-9H3/t29-,30-,32+,33+,34+,35+,36-,37-,39-,40+/m1/s1. The first-order chi connectivity index (χ1) is 28.9. The van der Waals surface area contributed by atoms with E-state index >= 15 is 0 Å². The van der Waals surface area contributed by atoms with Crippen LogP contribution in [-0.4, -0.2) is 138 Å². The minimum atomic E-state index is -1.98. The van der Waals surface area contributed by atoms with Crippen LogP contribution in [0.15, 0.2) is 42.5 Å². The molecule has 0 amide bonds. The monoisotopic (exact) mass is 864 g/mol. The van der Waals surface area contributed by atoms with Gasteiger partial charge in [0.1, 0.15) is 60.1 Å². The van der Waals surface area contributed by atoms with E-state index in [1.165, 1.54) is 51.7 Å². The summed E-state index contributed by atoms with van der Waals surface area (Å²) < 4.78 is 80.3. The van der Waals surface area contributed by atoms with Crippen LogP contribution in [0, 0.1) is 0 Å². The maximum Gasteiger partial charge on any atom is 0.346 e. The fourth-order valence-corrected chi connectivity index (χ4v) is 6.40. The zero-order valence-corrected chi connectivity index (χ0v) is 34.8. The number of carbonyl (C=O) groups is 7. The summed E-state index contributed by atoms with van der Waals surface area (Å²) in [4.78, 5) is 89.2. The van der Waals surface area contributed by atoms with Crippen LogP contribution in [0.5, 0.6) is 23.0 Å². The van der Waals surface area contributed by atoms with Crippen molar-refractivity contribution < 1.29 is 99.9 Å². The Labute approximate surface area is 349 Å². The normalized spacial score (nSPS) is 25.7. The molecule has 2 fully saturated rings. The van der Waals surface area contributed by atoms with E-state index in [1.54, 1.807) is 12.1 Å². The molecule has 0 unspecified atom stereocenters. The second kappa shape index (κ2) is 21.9. The predicted octanol–water partition coefficient (Wildman–Crippen LogP) is 2.00. The van der Waals surface area contributed by atoms with Crippen LogP contribution in [0.4, 0.5) is 0 Å². The molecule has 0 saturated carbocycles. The van der Waals surface area contributed by atoms with Crippen LogP contribution in [0.2, 0.25) is 0 Å². The van der Waals surface area contributed by atoms with Gasteiger partial charge >= 0.3 is 41.8 Å². The lowest BCUT2D eigenvalue weighted by molar-refractivity contribution is -0.353. The molecule has 2 aliphatic heterocycles. The van der Waals surface area contributed by atoms with E-state index in [-0.39, 0.29) is 22.8 Å². The smallest absolute Gasteiger partial charge is 0.346 e. The molecule has 0 radical (unpaired) electrons. The Bertz CT molecular complexity index is 1860. The largest absolute Gasteiger partial charge is 0.497 e. The Kier molecular flexibility index (Phi) is 17.0. The highest BCUT2D eigenvalue weighted by Crippen LogP contribution is 2.38. The zero-order chi connectivity index (χ0) is 45.0. The van der Waals surface area contributed by atoms with Crippen molar-refractivity contribution in [2.75, 3.05) is 34.5 Å². The summed E-state index contributed by atoms with van der Waals surface area (Å²) in [6.45, 7) is 5.18. The summed E-state index contributed by atoms with van der Waals surface area (Å²) in [7, 11) is 4.02. The number of methoxy groups -OCH3 is 3. The molecule has 0 spiro atoms. The molecule has 0 N–H and O–H groups in total. The molecule has 2 aromatic rings. The van der Waals surface area contributed by atoms with Crippen molar-refractivity contribution in [3.63, 3.8) is 0 Å². The van der Waals surface area contributed by atoms with Gasteiger partial charge in [0, 0.05) is 41.5 Å². The number of hydrogen-bond acceptors (Lipinski definition) is 21. The maximum absolute atomic E-state index is 14.2. The summed E-state index contributed by atoms with van der Waals surface area (Å²) in [6.07, 6.45) is -16.9. The minimum Gasteiger partial charge on any atom is -0.497 e. The van der Waals surface area contributed by atoms with E-state index in [2.05, 4.69) is 0 Å². The summed E-state index contributed by atoms with van der Waals surface area (Å²) >= 11 is 0. The minimum absolute atomic E-state index is 0.00652. The first kappa shape index (κ1) is 47.5. The highest BCUT2D eigenvalue weighted by Gasteiger charge is 2.58. The zero-order valence-electron chi connectivity index (χ0n) is 34.8. The Morgan fingerprint density at radius 1 is 0.475 bits per heavy atom. The molecule has 2 aromatic carbocycles. The molecule has 4 rings (SSSR count). The molecule has 21 nitrogen and oxygen atoms in total. The molecule has 61 heavy (non-hydrogen) atoms. The van der Waals surface area contributed by atoms with Gasteiger partial charge < -0.3 is 66.3 Å². The van der Waals surface area contributed by atoms with Crippen LogP contribution in [0.3, 0.4) is 0 Å². The molecule has 0 aliphatic carbocycles. The second-order valence-corrected chi connectivity index (χ2v) is 13.3. The van der Waals surface area contributed by atoms with E-state index < -0.39 is 116 Å². The van der Waals surface area contributed by atoms with Gasteiger partial charge in [0.15, 0.2) is 36.8 Å². The lowest BCUT2D eigenvalue weighted by Gasteiger charge is -2.48. The average molecular weight is 865 g/mol. The molecule has 2 saturated heterocycles. The lowest BCUT2D eigenvalue weighted by atomic mass is 9.95. The Balaban J connectivity index is 1.94. The van der Waals surface area contributed by atoms with Crippen molar-refractivity contribution >= 4 is 41.8 Å². The second-order valence-electron chi connectivity index (χ2n) is 13.3. The molecule has 2 heterocycles. The number of ether oxygens (including phenoxy) is 14.